The van der Waals surface area contributed by atoms with Crippen LogP contribution in [0.3, 0.4) is 0 Å². The molecule has 1 aromatic heterocycles. The van der Waals surface area contributed by atoms with Gasteiger partial charge in [-0.3, -0.25) is 4.90 Å². The summed E-state index contributed by atoms with van der Waals surface area (Å²) in [7, 11) is 2.05. The van der Waals surface area contributed by atoms with Crippen LogP contribution in [0.5, 0.6) is 0 Å². The topological polar surface area (TPSA) is 23.5 Å². The Kier molecular flexibility index (Phi) is 3.52. The number of nitrogens with zero attached hydrogens (tertiary/aromatic N) is 1. The number of benzene rings is 1. The molecule has 1 N–H and O–H groups in total. The quantitative estimate of drug-likeness (QED) is 0.900. The molecule has 0 bridgehead atoms. The number of thiophene rings is 1. The highest BCUT2D eigenvalue weighted by atomic mass is 32.1. The molecule has 0 fully saturated rings. The van der Waals surface area contributed by atoms with E-state index in [1.54, 1.807) is 11.3 Å². The van der Waals surface area contributed by atoms with Crippen LogP contribution in [0.2, 0.25) is 0 Å². The fraction of sp³-hybridized carbons (Fsp3) is 0.429. The maximum Gasteiger partial charge on any atom is 0.0718 e. The van der Waals surface area contributed by atoms with Gasteiger partial charge in [0.2, 0.25) is 0 Å². The third-order valence-corrected chi connectivity index (χ3v) is 3.67. The second kappa shape index (κ2) is 4.77. The van der Waals surface area contributed by atoms with Crippen molar-refractivity contribution < 1.29 is 5.11 Å². The average Bonchev–Trinajstić information content (AvgIpc) is 2.59. The molecule has 92 valence electrons. The Balaban J connectivity index is 2.13. The van der Waals surface area contributed by atoms with Gasteiger partial charge in [0, 0.05) is 17.8 Å². The van der Waals surface area contributed by atoms with Gasteiger partial charge in [0.1, 0.15) is 0 Å². The average molecular weight is 249 g/mol. The molecule has 1 aromatic carbocycles. The highest BCUT2D eigenvalue weighted by Crippen LogP contribution is 2.26. The molecule has 0 saturated carbocycles. The maximum absolute atomic E-state index is 9.79. The van der Waals surface area contributed by atoms with E-state index in [9.17, 15) is 5.11 Å². The van der Waals surface area contributed by atoms with Gasteiger partial charge in [-0.2, -0.15) is 0 Å². The fourth-order valence-electron chi connectivity index (χ4n) is 2.16. The summed E-state index contributed by atoms with van der Waals surface area (Å²) < 4.78 is 1.33. The summed E-state index contributed by atoms with van der Waals surface area (Å²) in [6, 6.07) is 8.47. The molecule has 0 unspecified atom stereocenters. The van der Waals surface area contributed by atoms with Crippen molar-refractivity contribution >= 4 is 21.4 Å². The highest BCUT2D eigenvalue weighted by Gasteiger charge is 2.16. The van der Waals surface area contributed by atoms with Crippen LogP contribution in [0.15, 0.2) is 29.6 Å². The standard InChI is InChI=1S/C14H19NOS/c1-14(2,16)10-15(3)8-11-9-17-13-7-5-4-6-12(11)13/h4-7,9,16H,8,10H2,1-3H3. The normalized spacial score (nSPS) is 12.5. The first-order valence-electron chi connectivity index (χ1n) is 5.82. The van der Waals surface area contributed by atoms with Gasteiger partial charge in [-0.1, -0.05) is 18.2 Å². The predicted molar refractivity (Wildman–Crippen MR) is 74.5 cm³/mol. The largest absolute Gasteiger partial charge is 0.389 e. The zero-order valence-electron chi connectivity index (χ0n) is 10.6. The van der Waals surface area contributed by atoms with Gasteiger partial charge in [0.15, 0.2) is 0 Å². The maximum atomic E-state index is 9.79. The summed E-state index contributed by atoms with van der Waals surface area (Å²) in [6.07, 6.45) is 0. The van der Waals surface area contributed by atoms with Crippen molar-refractivity contribution in [1.82, 2.24) is 4.90 Å². The van der Waals surface area contributed by atoms with Crippen molar-refractivity contribution in [2.75, 3.05) is 13.6 Å². The van der Waals surface area contributed by atoms with Crippen molar-refractivity contribution in [3.05, 3.63) is 35.2 Å². The Hall–Kier alpha value is -0.900. The van der Waals surface area contributed by atoms with E-state index in [2.05, 4.69) is 34.5 Å². The molecular formula is C14H19NOS. The lowest BCUT2D eigenvalue weighted by molar-refractivity contribution is 0.0426. The predicted octanol–water partition coefficient (Wildman–Crippen LogP) is 3.10. The van der Waals surface area contributed by atoms with Crippen LogP contribution >= 0.6 is 11.3 Å². The molecule has 0 atom stereocenters. The van der Waals surface area contributed by atoms with Crippen molar-refractivity contribution in [2.24, 2.45) is 0 Å². The van der Waals surface area contributed by atoms with Crippen LogP contribution in [0.4, 0.5) is 0 Å². The van der Waals surface area contributed by atoms with E-state index < -0.39 is 5.60 Å². The summed E-state index contributed by atoms with van der Waals surface area (Å²) in [4.78, 5) is 2.16. The van der Waals surface area contributed by atoms with Crippen LogP contribution in [0.25, 0.3) is 10.1 Å². The molecule has 0 radical (unpaired) electrons. The zero-order valence-corrected chi connectivity index (χ0v) is 11.4. The first-order chi connectivity index (χ1) is 7.96. The van der Waals surface area contributed by atoms with Crippen LogP contribution in [0.1, 0.15) is 19.4 Å². The Morgan fingerprint density at radius 1 is 1.29 bits per heavy atom. The van der Waals surface area contributed by atoms with Gasteiger partial charge in [0.05, 0.1) is 5.60 Å². The van der Waals surface area contributed by atoms with E-state index in [0.717, 1.165) is 6.54 Å². The number of likely N-dealkylation sites (N-methyl/N-ethyl adjacent to an activating group) is 1. The van der Waals surface area contributed by atoms with Crippen LogP contribution < -0.4 is 0 Å². The minimum Gasteiger partial charge on any atom is -0.389 e. The number of hydrogen-bond acceptors (Lipinski definition) is 3. The van der Waals surface area contributed by atoms with E-state index in [4.69, 9.17) is 0 Å². The highest BCUT2D eigenvalue weighted by molar-refractivity contribution is 7.17. The van der Waals surface area contributed by atoms with E-state index in [1.165, 1.54) is 15.6 Å². The summed E-state index contributed by atoms with van der Waals surface area (Å²) in [5.41, 5.74) is 0.706. The molecular weight excluding hydrogens is 230 g/mol. The molecule has 0 aliphatic rings. The molecule has 0 spiro atoms. The third kappa shape index (κ3) is 3.28. The molecule has 0 aliphatic carbocycles. The van der Waals surface area contributed by atoms with Gasteiger partial charge in [0.25, 0.3) is 0 Å². The van der Waals surface area contributed by atoms with Gasteiger partial charge in [-0.15, -0.1) is 11.3 Å². The minimum absolute atomic E-state index is 0.638. The van der Waals surface area contributed by atoms with E-state index >= 15 is 0 Å². The second-order valence-corrected chi connectivity index (χ2v) is 6.15. The Labute approximate surface area is 106 Å². The summed E-state index contributed by atoms with van der Waals surface area (Å²) in [5.74, 6) is 0. The van der Waals surface area contributed by atoms with Crippen molar-refractivity contribution in [3.63, 3.8) is 0 Å². The molecule has 17 heavy (non-hydrogen) atoms. The lowest BCUT2D eigenvalue weighted by atomic mass is 10.1. The molecule has 2 rings (SSSR count). The summed E-state index contributed by atoms with van der Waals surface area (Å²) in [6.45, 7) is 5.25. The van der Waals surface area contributed by atoms with Crippen molar-refractivity contribution in [2.45, 2.75) is 26.0 Å². The number of hydrogen-bond donors (Lipinski definition) is 1. The zero-order chi connectivity index (χ0) is 12.5. The Morgan fingerprint density at radius 2 is 2.00 bits per heavy atom. The van der Waals surface area contributed by atoms with Gasteiger partial charge in [-0.25, -0.2) is 0 Å². The Morgan fingerprint density at radius 3 is 2.71 bits per heavy atom. The van der Waals surface area contributed by atoms with E-state index in [-0.39, 0.29) is 0 Å². The van der Waals surface area contributed by atoms with Crippen molar-refractivity contribution in [1.29, 1.82) is 0 Å². The van der Waals surface area contributed by atoms with Crippen molar-refractivity contribution in [3.8, 4) is 0 Å². The lowest BCUT2D eigenvalue weighted by Crippen LogP contribution is -2.35. The van der Waals surface area contributed by atoms with E-state index in [0.29, 0.717) is 6.54 Å². The number of rotatable bonds is 4. The monoisotopic (exact) mass is 249 g/mol. The molecule has 0 aliphatic heterocycles. The van der Waals surface area contributed by atoms with Crippen LogP contribution in [0, 0.1) is 0 Å². The molecule has 3 heteroatoms. The molecule has 0 amide bonds. The van der Waals surface area contributed by atoms with E-state index in [1.807, 2.05) is 20.9 Å². The number of fused-ring (bicyclic) bond motifs is 1. The summed E-state index contributed by atoms with van der Waals surface area (Å²) >= 11 is 1.78. The Bertz CT molecular complexity index is 498. The first kappa shape index (κ1) is 12.6. The molecule has 0 saturated heterocycles. The fourth-order valence-corrected chi connectivity index (χ4v) is 3.12. The van der Waals surface area contributed by atoms with Gasteiger partial charge in [-0.05, 0) is 43.3 Å². The van der Waals surface area contributed by atoms with Crippen LogP contribution in [-0.4, -0.2) is 29.2 Å². The molecule has 2 aromatic rings. The first-order valence-corrected chi connectivity index (χ1v) is 6.70. The smallest absolute Gasteiger partial charge is 0.0718 e. The molecule has 2 nitrogen and oxygen atoms in total. The van der Waals surface area contributed by atoms with Gasteiger partial charge >= 0.3 is 0 Å². The minimum atomic E-state index is -0.638. The lowest BCUT2D eigenvalue weighted by Gasteiger charge is -2.25. The van der Waals surface area contributed by atoms with Gasteiger partial charge < -0.3 is 5.11 Å². The SMILES string of the molecule is CN(Cc1csc2ccccc12)CC(C)(C)O. The molecule has 1 heterocycles. The summed E-state index contributed by atoms with van der Waals surface area (Å²) in [5, 5.41) is 13.3. The van der Waals surface area contributed by atoms with Crippen LogP contribution in [-0.2, 0) is 6.54 Å². The third-order valence-electron chi connectivity index (χ3n) is 2.66. The number of aliphatic hydroxyl groups is 1. The second-order valence-electron chi connectivity index (χ2n) is 5.24.